The van der Waals surface area contributed by atoms with E-state index in [4.69, 9.17) is 28.0 Å². The number of rotatable bonds is 3. The second-order valence-corrected chi connectivity index (χ2v) is 8.16. The molecule has 3 aromatic rings. The molecule has 31 heavy (non-hydrogen) atoms. The van der Waals surface area contributed by atoms with Crippen LogP contribution in [0.15, 0.2) is 72.8 Å². The number of hydrogen-bond acceptors (Lipinski definition) is 4. The lowest BCUT2D eigenvalue weighted by Gasteiger charge is -2.28. The van der Waals surface area contributed by atoms with E-state index >= 15 is 0 Å². The second kappa shape index (κ2) is 7.64. The van der Waals surface area contributed by atoms with Crippen molar-refractivity contribution in [3.05, 3.63) is 94.2 Å². The highest BCUT2D eigenvalue weighted by atomic mass is 35.5. The first-order valence-corrected chi connectivity index (χ1v) is 10.3. The summed E-state index contributed by atoms with van der Waals surface area (Å²) in [6, 6.07) is 19.5. The summed E-state index contributed by atoms with van der Waals surface area (Å²) < 4.78 is 14.0. The summed E-state index contributed by atoms with van der Waals surface area (Å²) in [6.07, 6.45) is -1.04. The van der Waals surface area contributed by atoms with Crippen LogP contribution in [0, 0.1) is 11.7 Å². The lowest BCUT2D eigenvalue weighted by Crippen LogP contribution is -2.37. The van der Waals surface area contributed by atoms with Crippen LogP contribution in [0.5, 0.6) is 0 Å². The van der Waals surface area contributed by atoms with Crippen molar-refractivity contribution in [2.75, 3.05) is 9.96 Å². The molecule has 3 aromatic carbocycles. The molecular weight excluding hydrogens is 442 g/mol. The van der Waals surface area contributed by atoms with E-state index in [1.165, 1.54) is 12.1 Å². The van der Waals surface area contributed by atoms with E-state index in [9.17, 15) is 14.0 Å². The number of carbonyl (C=O) groups is 2. The number of amides is 2. The zero-order valence-electron chi connectivity index (χ0n) is 15.9. The molecule has 2 fully saturated rings. The second-order valence-electron chi connectivity index (χ2n) is 7.32. The molecule has 8 heteroatoms. The normalized spacial score (nSPS) is 22.9. The molecule has 5 nitrogen and oxygen atoms in total. The topological polar surface area (TPSA) is 49.9 Å². The van der Waals surface area contributed by atoms with Gasteiger partial charge in [0.1, 0.15) is 11.7 Å². The predicted octanol–water partition coefficient (Wildman–Crippen LogP) is 5.18. The molecule has 0 N–H and O–H groups in total. The monoisotopic (exact) mass is 456 g/mol. The number of carbonyl (C=O) groups excluding carboxylic acids is 2. The number of benzene rings is 3. The van der Waals surface area contributed by atoms with Gasteiger partial charge in [-0.25, -0.2) is 14.4 Å². The van der Waals surface area contributed by atoms with Crippen LogP contribution in [-0.2, 0) is 14.4 Å². The van der Waals surface area contributed by atoms with Gasteiger partial charge in [-0.1, -0.05) is 53.5 Å². The van der Waals surface area contributed by atoms with Crippen molar-refractivity contribution in [1.82, 2.24) is 0 Å². The Morgan fingerprint density at radius 1 is 0.839 bits per heavy atom. The molecule has 3 unspecified atom stereocenters. The van der Waals surface area contributed by atoms with Crippen molar-refractivity contribution in [2.24, 2.45) is 5.92 Å². The molecule has 0 aromatic heterocycles. The van der Waals surface area contributed by atoms with E-state index in [-0.39, 0.29) is 10.7 Å². The molecule has 0 bridgehead atoms. The first kappa shape index (κ1) is 20.0. The molecule has 0 aliphatic carbocycles. The van der Waals surface area contributed by atoms with Gasteiger partial charge >= 0.3 is 0 Å². The number of nitrogens with zero attached hydrogens (tertiary/aromatic N) is 2. The van der Waals surface area contributed by atoms with Crippen LogP contribution in [0.25, 0.3) is 0 Å². The van der Waals surface area contributed by atoms with Crippen molar-refractivity contribution in [2.45, 2.75) is 12.1 Å². The number of anilines is 2. The van der Waals surface area contributed by atoms with E-state index in [2.05, 4.69) is 0 Å². The van der Waals surface area contributed by atoms with Crippen molar-refractivity contribution >= 4 is 46.4 Å². The van der Waals surface area contributed by atoms with Gasteiger partial charge in [0.25, 0.3) is 5.91 Å². The molecule has 2 aliphatic heterocycles. The maximum atomic E-state index is 14.0. The molecule has 3 atom stereocenters. The lowest BCUT2D eigenvalue weighted by atomic mass is 9.90. The highest BCUT2D eigenvalue weighted by Gasteiger charge is 2.60. The summed E-state index contributed by atoms with van der Waals surface area (Å²) in [7, 11) is 0. The Kier molecular flexibility index (Phi) is 4.93. The van der Waals surface area contributed by atoms with Crippen molar-refractivity contribution < 1.29 is 18.8 Å². The van der Waals surface area contributed by atoms with Gasteiger partial charge in [0.2, 0.25) is 5.91 Å². The lowest BCUT2D eigenvalue weighted by molar-refractivity contribution is -0.126. The number of imide groups is 1. The fraction of sp³-hybridized carbons (Fsp3) is 0.130. The maximum Gasteiger partial charge on any atom is 0.266 e. The average Bonchev–Trinajstić information content (AvgIpc) is 3.28. The molecule has 0 saturated carbocycles. The summed E-state index contributed by atoms with van der Waals surface area (Å²) in [5.41, 5.74) is 1.60. The molecule has 0 radical (unpaired) electrons. The van der Waals surface area contributed by atoms with Crippen LogP contribution in [0.4, 0.5) is 15.8 Å². The van der Waals surface area contributed by atoms with Crippen molar-refractivity contribution in [3.63, 3.8) is 0 Å². The first-order valence-electron chi connectivity index (χ1n) is 9.55. The smallest absolute Gasteiger partial charge is 0.266 e. The van der Waals surface area contributed by atoms with Crippen molar-refractivity contribution in [3.8, 4) is 0 Å². The molecule has 2 saturated heterocycles. The summed E-state index contributed by atoms with van der Waals surface area (Å²) in [6.45, 7) is 0. The summed E-state index contributed by atoms with van der Waals surface area (Å²) >= 11 is 11.8. The molecule has 0 spiro atoms. The van der Waals surface area contributed by atoms with Gasteiger partial charge in [0.05, 0.1) is 22.4 Å². The van der Waals surface area contributed by atoms with Gasteiger partial charge in [-0.15, -0.1) is 0 Å². The predicted molar refractivity (Wildman–Crippen MR) is 115 cm³/mol. The zero-order valence-corrected chi connectivity index (χ0v) is 17.4. The third-order valence-corrected chi connectivity index (χ3v) is 6.06. The van der Waals surface area contributed by atoms with Crippen LogP contribution in [-0.4, -0.2) is 17.9 Å². The van der Waals surface area contributed by atoms with E-state index in [0.29, 0.717) is 10.7 Å². The van der Waals surface area contributed by atoms with Gasteiger partial charge in [0.15, 0.2) is 6.10 Å². The average molecular weight is 457 g/mol. The van der Waals surface area contributed by atoms with E-state index < -0.39 is 35.7 Å². The van der Waals surface area contributed by atoms with E-state index in [1.54, 1.807) is 29.3 Å². The van der Waals surface area contributed by atoms with Gasteiger partial charge in [0, 0.05) is 5.02 Å². The maximum absolute atomic E-state index is 14.0. The highest BCUT2D eigenvalue weighted by Crippen LogP contribution is 2.47. The fourth-order valence-electron chi connectivity index (χ4n) is 4.09. The number of para-hydroxylation sites is 1. The van der Waals surface area contributed by atoms with Crippen LogP contribution >= 0.6 is 23.2 Å². The van der Waals surface area contributed by atoms with Gasteiger partial charge < -0.3 is 0 Å². The minimum Gasteiger partial charge on any atom is -0.273 e. The van der Waals surface area contributed by atoms with Gasteiger partial charge in [-0.3, -0.25) is 14.4 Å². The third kappa shape index (κ3) is 3.28. The Hall–Kier alpha value is -2.93. The number of halogens is 3. The minimum atomic E-state index is -1.04. The summed E-state index contributed by atoms with van der Waals surface area (Å²) in [5, 5.41) is 2.06. The Bertz CT molecular complexity index is 1170. The Morgan fingerprint density at radius 3 is 2.23 bits per heavy atom. The van der Waals surface area contributed by atoms with Crippen molar-refractivity contribution in [1.29, 1.82) is 0 Å². The standard InChI is InChI=1S/C23H15Cl2FN2O3/c24-14-8-6-13(7-9-14)20-19-21(31-28(20)15-4-2-1-3-5-15)23(30)27(22(19)29)16-10-11-17(25)18(26)12-16/h1-12,19-21H. The van der Waals surface area contributed by atoms with Gasteiger partial charge in [-0.2, -0.15) is 0 Å². The minimum absolute atomic E-state index is 0.0893. The third-order valence-electron chi connectivity index (χ3n) is 5.50. The number of fused-ring (bicyclic) bond motifs is 1. The molecule has 2 aliphatic rings. The summed E-state index contributed by atoms with van der Waals surface area (Å²) in [4.78, 5) is 33.6. The Balaban J connectivity index is 1.58. The largest absolute Gasteiger partial charge is 0.273 e. The van der Waals surface area contributed by atoms with Crippen LogP contribution in [0.3, 0.4) is 0 Å². The van der Waals surface area contributed by atoms with Gasteiger partial charge in [-0.05, 0) is 48.0 Å². The zero-order chi connectivity index (χ0) is 21.7. The molecular formula is C23H15Cl2FN2O3. The molecule has 5 rings (SSSR count). The molecule has 2 heterocycles. The highest BCUT2D eigenvalue weighted by molar-refractivity contribution is 6.31. The number of hydroxylamine groups is 1. The van der Waals surface area contributed by atoms with Crippen LogP contribution in [0.1, 0.15) is 11.6 Å². The molecule has 156 valence electrons. The first-order chi connectivity index (χ1) is 15.0. The van der Waals surface area contributed by atoms with E-state index in [0.717, 1.165) is 16.5 Å². The quantitative estimate of drug-likeness (QED) is 0.509. The molecule has 2 amide bonds. The Labute approximate surface area is 187 Å². The number of hydrogen-bond donors (Lipinski definition) is 0. The van der Waals surface area contributed by atoms with E-state index in [1.807, 2.05) is 30.3 Å². The van der Waals surface area contributed by atoms with Crippen LogP contribution in [0.2, 0.25) is 10.0 Å². The van der Waals surface area contributed by atoms with Crippen LogP contribution < -0.4 is 9.96 Å². The Morgan fingerprint density at radius 2 is 1.55 bits per heavy atom. The summed E-state index contributed by atoms with van der Waals surface area (Å²) in [5.74, 6) is -2.53. The SMILES string of the molecule is O=C1C2ON(c3ccccc3)C(c3ccc(Cl)cc3)C2C(=O)N1c1ccc(Cl)c(F)c1. The fourth-order valence-corrected chi connectivity index (χ4v) is 4.33.